The first-order valence-electron chi connectivity index (χ1n) is 9.00. The van der Waals surface area contributed by atoms with Gasteiger partial charge in [-0.1, -0.05) is 30.7 Å². The lowest BCUT2D eigenvalue weighted by Crippen LogP contribution is -2.35. The van der Waals surface area contributed by atoms with Gasteiger partial charge in [-0.3, -0.25) is 4.79 Å². The zero-order chi connectivity index (χ0) is 16.8. The van der Waals surface area contributed by atoms with Crippen LogP contribution < -0.4 is 15.5 Å². The van der Waals surface area contributed by atoms with Crippen LogP contribution in [0.1, 0.15) is 40.9 Å². The van der Waals surface area contributed by atoms with E-state index in [0.29, 0.717) is 17.1 Å². The molecule has 2 aromatic rings. The fourth-order valence-electron chi connectivity index (χ4n) is 3.68. The molecule has 3 N–H and O–H groups in total. The summed E-state index contributed by atoms with van der Waals surface area (Å²) in [4.78, 5) is 17.8. The number of fused-ring (bicyclic) bond motifs is 2. The topological polar surface area (TPSA) is 60.2 Å². The molecule has 3 aliphatic rings. The van der Waals surface area contributed by atoms with E-state index in [1.807, 2.05) is 24.0 Å². The smallest absolute Gasteiger partial charge is 0.270 e. The summed E-state index contributed by atoms with van der Waals surface area (Å²) in [6, 6.07) is 11.4. The number of rotatable bonds is 5. The number of carbonyl (C=O) groups excluding carboxylic acids is 1. The molecule has 2 aliphatic heterocycles. The highest BCUT2D eigenvalue weighted by Gasteiger charge is 2.48. The minimum atomic E-state index is 0.00225. The van der Waals surface area contributed by atoms with Crippen LogP contribution in [0.3, 0.4) is 0 Å². The first-order chi connectivity index (χ1) is 12.3. The Kier molecular flexibility index (Phi) is 3.75. The standard InChI is InChI=1S/C19H22N4OS/c24-17-16-15(8-9-20-16)23(19-18(22-17)25-19)11-13-5-2-1-4-12(13)10-21-14-6-3-7-14/h1-2,4-5,8-9,14,18-21H,3,6-7,10-11H2,(H,22,24). The second-order valence-corrected chi connectivity index (χ2v) is 8.33. The summed E-state index contributed by atoms with van der Waals surface area (Å²) >= 11 is 1.81. The number of nitrogens with one attached hydrogen (secondary N) is 3. The van der Waals surface area contributed by atoms with Crippen molar-refractivity contribution >= 4 is 23.4 Å². The molecule has 1 amide bonds. The number of carbonyl (C=O) groups is 1. The Morgan fingerprint density at radius 3 is 2.84 bits per heavy atom. The number of anilines is 1. The summed E-state index contributed by atoms with van der Waals surface area (Å²) in [6.07, 6.45) is 5.81. The largest absolute Gasteiger partial charge is 0.355 e. The number of benzene rings is 1. The van der Waals surface area contributed by atoms with Crippen molar-refractivity contribution in [2.24, 2.45) is 0 Å². The molecule has 3 heterocycles. The van der Waals surface area contributed by atoms with Gasteiger partial charge in [0, 0.05) is 25.3 Å². The second-order valence-electron chi connectivity index (χ2n) is 7.06. The zero-order valence-corrected chi connectivity index (χ0v) is 14.8. The molecule has 0 bridgehead atoms. The average Bonchev–Trinajstić information content (AvgIpc) is 3.16. The van der Waals surface area contributed by atoms with Crippen LogP contribution in [0, 0.1) is 0 Å². The number of aromatic nitrogens is 1. The first kappa shape index (κ1) is 15.3. The van der Waals surface area contributed by atoms with Crippen molar-refractivity contribution in [2.45, 2.75) is 49.1 Å². The maximum Gasteiger partial charge on any atom is 0.270 e. The molecule has 1 saturated heterocycles. The molecular weight excluding hydrogens is 332 g/mol. The fraction of sp³-hybridized carbons (Fsp3) is 0.421. The Hall–Kier alpha value is -1.92. The van der Waals surface area contributed by atoms with Crippen LogP contribution in [0.15, 0.2) is 36.5 Å². The van der Waals surface area contributed by atoms with Crippen LogP contribution in [-0.2, 0) is 13.1 Å². The van der Waals surface area contributed by atoms with Crippen molar-refractivity contribution in [2.75, 3.05) is 4.90 Å². The van der Waals surface area contributed by atoms with Gasteiger partial charge in [0.1, 0.15) is 16.4 Å². The van der Waals surface area contributed by atoms with Gasteiger partial charge in [0.2, 0.25) is 0 Å². The summed E-state index contributed by atoms with van der Waals surface area (Å²) < 4.78 is 0. The normalized spacial score (nSPS) is 24.8. The van der Waals surface area contributed by atoms with E-state index in [0.717, 1.165) is 18.8 Å². The molecule has 1 saturated carbocycles. The Labute approximate surface area is 151 Å². The predicted molar refractivity (Wildman–Crippen MR) is 101 cm³/mol. The molecule has 2 fully saturated rings. The average molecular weight is 354 g/mol. The Morgan fingerprint density at radius 1 is 1.20 bits per heavy atom. The number of amides is 1. The lowest BCUT2D eigenvalue weighted by molar-refractivity contribution is 0.0952. The number of hydrogen-bond donors (Lipinski definition) is 3. The molecule has 2 unspecified atom stereocenters. The highest BCUT2D eigenvalue weighted by molar-refractivity contribution is 8.07. The molecule has 25 heavy (non-hydrogen) atoms. The highest BCUT2D eigenvalue weighted by atomic mass is 32.2. The molecule has 5 nitrogen and oxygen atoms in total. The fourth-order valence-corrected chi connectivity index (χ4v) is 4.61. The number of hydrogen-bond acceptors (Lipinski definition) is 4. The van der Waals surface area contributed by atoms with Gasteiger partial charge in [-0.15, -0.1) is 11.8 Å². The van der Waals surface area contributed by atoms with Gasteiger partial charge in [0.25, 0.3) is 5.91 Å². The van der Waals surface area contributed by atoms with Gasteiger partial charge in [-0.2, -0.15) is 0 Å². The quantitative estimate of drug-likeness (QED) is 0.723. The Bertz CT molecular complexity index is 800. The molecule has 0 spiro atoms. The van der Waals surface area contributed by atoms with Crippen LogP contribution >= 0.6 is 11.8 Å². The summed E-state index contributed by atoms with van der Waals surface area (Å²) in [5, 5.41) is 7.28. The van der Waals surface area contributed by atoms with E-state index in [4.69, 9.17) is 0 Å². The maximum absolute atomic E-state index is 12.3. The molecule has 2 atom stereocenters. The van der Waals surface area contributed by atoms with E-state index in [1.54, 1.807) is 0 Å². The van der Waals surface area contributed by atoms with Gasteiger partial charge in [-0.05, 0) is 30.0 Å². The van der Waals surface area contributed by atoms with E-state index >= 15 is 0 Å². The van der Waals surface area contributed by atoms with Crippen molar-refractivity contribution in [1.82, 2.24) is 15.6 Å². The van der Waals surface area contributed by atoms with Gasteiger partial charge < -0.3 is 20.5 Å². The SMILES string of the molecule is O=C1NC2SC2N(Cc2ccccc2CNC2CCC2)c2cc[nH]c21. The monoisotopic (exact) mass is 354 g/mol. The van der Waals surface area contributed by atoms with Crippen LogP contribution in [0.4, 0.5) is 5.69 Å². The van der Waals surface area contributed by atoms with Gasteiger partial charge in [0.05, 0.1) is 5.69 Å². The highest BCUT2D eigenvalue weighted by Crippen LogP contribution is 2.47. The molecule has 1 aliphatic carbocycles. The minimum absolute atomic E-state index is 0.00225. The molecule has 1 aromatic heterocycles. The number of thioether (sulfide) groups is 1. The van der Waals surface area contributed by atoms with Crippen LogP contribution in [0.5, 0.6) is 0 Å². The molecule has 6 heteroatoms. The van der Waals surface area contributed by atoms with Crippen LogP contribution in [0.2, 0.25) is 0 Å². The predicted octanol–water partition coefficient (Wildman–Crippen LogP) is 2.81. The van der Waals surface area contributed by atoms with Crippen molar-refractivity contribution in [3.8, 4) is 0 Å². The molecule has 1 aromatic carbocycles. The molecule has 0 radical (unpaired) electrons. The van der Waals surface area contributed by atoms with Crippen molar-refractivity contribution in [3.05, 3.63) is 53.3 Å². The number of nitrogens with zero attached hydrogens (tertiary/aromatic N) is 1. The van der Waals surface area contributed by atoms with E-state index in [1.165, 1.54) is 30.4 Å². The van der Waals surface area contributed by atoms with Crippen LogP contribution in [-0.4, -0.2) is 27.7 Å². The summed E-state index contributed by atoms with van der Waals surface area (Å²) in [5.74, 6) is 0.00225. The van der Waals surface area contributed by atoms with Gasteiger partial charge in [0.15, 0.2) is 0 Å². The van der Waals surface area contributed by atoms with E-state index in [9.17, 15) is 4.79 Å². The third-order valence-corrected chi connectivity index (χ3v) is 6.62. The molecule has 130 valence electrons. The van der Waals surface area contributed by atoms with E-state index in [-0.39, 0.29) is 11.3 Å². The van der Waals surface area contributed by atoms with E-state index in [2.05, 4.69) is 44.8 Å². The minimum Gasteiger partial charge on any atom is -0.355 e. The zero-order valence-electron chi connectivity index (χ0n) is 14.0. The number of H-pyrrole nitrogens is 1. The van der Waals surface area contributed by atoms with Gasteiger partial charge in [-0.25, -0.2) is 0 Å². The summed E-state index contributed by atoms with van der Waals surface area (Å²) in [6.45, 7) is 1.75. The second kappa shape index (κ2) is 6.11. The maximum atomic E-state index is 12.3. The van der Waals surface area contributed by atoms with Gasteiger partial charge >= 0.3 is 0 Å². The molecule has 5 rings (SSSR count). The molecular formula is C19H22N4OS. The third kappa shape index (κ3) is 2.83. The van der Waals surface area contributed by atoms with Crippen LogP contribution in [0.25, 0.3) is 0 Å². The summed E-state index contributed by atoms with van der Waals surface area (Å²) in [5.41, 5.74) is 4.38. The lowest BCUT2D eigenvalue weighted by atomic mass is 9.93. The first-order valence-corrected chi connectivity index (χ1v) is 9.94. The van der Waals surface area contributed by atoms with Crippen molar-refractivity contribution in [3.63, 3.8) is 0 Å². The van der Waals surface area contributed by atoms with Crippen molar-refractivity contribution in [1.29, 1.82) is 0 Å². The Balaban J connectivity index is 1.40. The van der Waals surface area contributed by atoms with E-state index < -0.39 is 0 Å². The summed E-state index contributed by atoms with van der Waals surface area (Å²) in [7, 11) is 0. The third-order valence-electron chi connectivity index (χ3n) is 5.46. The Morgan fingerprint density at radius 2 is 2.04 bits per heavy atom. The van der Waals surface area contributed by atoms with Crippen molar-refractivity contribution < 1.29 is 4.79 Å². The lowest BCUT2D eigenvalue weighted by Gasteiger charge is -2.28. The number of aromatic amines is 1.